The lowest BCUT2D eigenvalue weighted by Crippen LogP contribution is -2.43. The van der Waals surface area contributed by atoms with Crippen molar-refractivity contribution in [1.29, 1.82) is 0 Å². The van der Waals surface area contributed by atoms with Gasteiger partial charge in [-0.05, 0) is 42.2 Å². The lowest BCUT2D eigenvalue weighted by atomic mass is 10.00. The Kier molecular flexibility index (Phi) is 6.09. The van der Waals surface area contributed by atoms with Crippen LogP contribution in [-0.4, -0.2) is 57.3 Å². The van der Waals surface area contributed by atoms with Gasteiger partial charge in [0.2, 0.25) is 0 Å². The van der Waals surface area contributed by atoms with Crippen molar-refractivity contribution in [3.8, 4) is 5.69 Å². The highest BCUT2D eigenvalue weighted by Crippen LogP contribution is 2.20. The predicted molar refractivity (Wildman–Crippen MR) is 116 cm³/mol. The number of hydrogen-bond acceptors (Lipinski definition) is 4. The molecule has 4 rings (SSSR count). The Hall–Kier alpha value is -3.19. The van der Waals surface area contributed by atoms with E-state index in [0.29, 0.717) is 6.54 Å². The highest BCUT2D eigenvalue weighted by Gasteiger charge is 2.19. The minimum absolute atomic E-state index is 0.0309. The van der Waals surface area contributed by atoms with E-state index < -0.39 is 0 Å². The molecule has 2 aromatic carbocycles. The number of nitrogens with zero attached hydrogens (tertiary/aromatic N) is 5. The molecule has 0 fully saturated rings. The van der Waals surface area contributed by atoms with Gasteiger partial charge in [0.15, 0.2) is 0 Å². The van der Waals surface area contributed by atoms with Crippen molar-refractivity contribution in [2.75, 3.05) is 26.7 Å². The van der Waals surface area contributed by atoms with Gasteiger partial charge in [0.1, 0.15) is 12.7 Å². The van der Waals surface area contributed by atoms with E-state index in [9.17, 15) is 4.79 Å². The van der Waals surface area contributed by atoms with E-state index in [2.05, 4.69) is 44.6 Å². The molecule has 0 spiro atoms. The maximum absolute atomic E-state index is 12.6. The third kappa shape index (κ3) is 4.52. The molecule has 0 radical (unpaired) electrons. The maximum atomic E-state index is 12.6. The molecule has 1 N–H and O–H groups in total. The van der Waals surface area contributed by atoms with Crippen molar-refractivity contribution >= 4 is 6.03 Å². The van der Waals surface area contributed by atoms with Gasteiger partial charge < -0.3 is 10.2 Å². The van der Waals surface area contributed by atoms with Crippen LogP contribution in [0.4, 0.5) is 4.79 Å². The first-order valence-electron chi connectivity index (χ1n) is 10.4. The van der Waals surface area contributed by atoms with Crippen LogP contribution in [0.2, 0.25) is 0 Å². The zero-order chi connectivity index (χ0) is 20.9. The molecule has 0 aliphatic carbocycles. The van der Waals surface area contributed by atoms with E-state index in [4.69, 9.17) is 0 Å². The van der Waals surface area contributed by atoms with Crippen LogP contribution in [0.3, 0.4) is 0 Å². The van der Waals surface area contributed by atoms with Crippen molar-refractivity contribution < 1.29 is 4.79 Å². The molecule has 7 nitrogen and oxygen atoms in total. The molecule has 7 heteroatoms. The fourth-order valence-electron chi connectivity index (χ4n) is 3.84. The molecule has 1 atom stereocenters. The number of rotatable bonds is 6. The fourth-order valence-corrected chi connectivity index (χ4v) is 3.84. The minimum Gasteiger partial charge on any atom is -0.337 e. The predicted octanol–water partition coefficient (Wildman–Crippen LogP) is 3.03. The number of carbonyl (C=O) groups is 1. The van der Waals surface area contributed by atoms with E-state index in [0.717, 1.165) is 37.3 Å². The van der Waals surface area contributed by atoms with Crippen LogP contribution in [0.1, 0.15) is 29.7 Å². The summed E-state index contributed by atoms with van der Waals surface area (Å²) in [5.41, 5.74) is 4.86. The van der Waals surface area contributed by atoms with Gasteiger partial charge in [-0.2, -0.15) is 5.10 Å². The number of hydrogen-bond donors (Lipinski definition) is 1. The number of carbonyl (C=O) groups excluding carboxylic acids is 1. The Labute approximate surface area is 177 Å². The Morgan fingerprint density at radius 3 is 2.67 bits per heavy atom. The average Bonchev–Trinajstić information content (AvgIpc) is 3.33. The van der Waals surface area contributed by atoms with Gasteiger partial charge in [-0.1, -0.05) is 36.4 Å². The van der Waals surface area contributed by atoms with Crippen LogP contribution in [0.15, 0.2) is 61.2 Å². The van der Waals surface area contributed by atoms with Gasteiger partial charge in [0.25, 0.3) is 0 Å². The molecule has 3 aromatic rings. The van der Waals surface area contributed by atoms with Gasteiger partial charge in [0.05, 0.1) is 11.7 Å². The van der Waals surface area contributed by atoms with Gasteiger partial charge in [-0.25, -0.2) is 14.5 Å². The molecule has 1 aromatic heterocycles. The van der Waals surface area contributed by atoms with Crippen molar-refractivity contribution in [2.24, 2.45) is 0 Å². The molecule has 0 unspecified atom stereocenters. The van der Waals surface area contributed by atoms with E-state index in [1.807, 2.05) is 38.2 Å². The largest absolute Gasteiger partial charge is 0.337 e. The maximum Gasteiger partial charge on any atom is 0.317 e. The second-order valence-electron chi connectivity index (χ2n) is 7.75. The minimum atomic E-state index is -0.0553. The Morgan fingerprint density at radius 1 is 1.17 bits per heavy atom. The van der Waals surface area contributed by atoms with Crippen LogP contribution >= 0.6 is 0 Å². The van der Waals surface area contributed by atoms with Crippen LogP contribution < -0.4 is 5.32 Å². The topological polar surface area (TPSA) is 66.3 Å². The Morgan fingerprint density at radius 2 is 1.93 bits per heavy atom. The molecule has 2 amide bonds. The number of benzene rings is 2. The lowest BCUT2D eigenvalue weighted by Gasteiger charge is -2.30. The zero-order valence-corrected chi connectivity index (χ0v) is 17.5. The van der Waals surface area contributed by atoms with Crippen LogP contribution in [0.25, 0.3) is 5.69 Å². The zero-order valence-electron chi connectivity index (χ0n) is 17.5. The quantitative estimate of drug-likeness (QED) is 0.686. The summed E-state index contributed by atoms with van der Waals surface area (Å²) in [7, 11) is 1.84. The number of fused-ring (bicyclic) bond motifs is 1. The molecule has 156 valence electrons. The summed E-state index contributed by atoms with van der Waals surface area (Å²) in [4.78, 5) is 20.7. The Balaban J connectivity index is 1.26. The molecule has 0 saturated heterocycles. The highest BCUT2D eigenvalue weighted by atomic mass is 16.2. The van der Waals surface area contributed by atoms with E-state index in [1.54, 1.807) is 15.9 Å². The second-order valence-corrected chi connectivity index (χ2v) is 7.75. The third-order valence-electron chi connectivity index (χ3n) is 5.87. The monoisotopic (exact) mass is 404 g/mol. The lowest BCUT2D eigenvalue weighted by molar-refractivity contribution is 0.190. The number of amides is 2. The molecule has 30 heavy (non-hydrogen) atoms. The second kappa shape index (κ2) is 9.09. The third-order valence-corrected chi connectivity index (χ3v) is 5.87. The van der Waals surface area contributed by atoms with Crippen LogP contribution in [-0.2, 0) is 13.0 Å². The number of aromatic nitrogens is 3. The van der Waals surface area contributed by atoms with Gasteiger partial charge >= 0.3 is 6.03 Å². The summed E-state index contributed by atoms with van der Waals surface area (Å²) < 4.78 is 1.71. The van der Waals surface area contributed by atoms with Gasteiger partial charge in [-0.15, -0.1) is 0 Å². The summed E-state index contributed by atoms with van der Waals surface area (Å²) in [5, 5.41) is 7.20. The number of nitrogens with one attached hydrogen (secondary N) is 1. The first-order chi connectivity index (χ1) is 14.6. The highest BCUT2D eigenvalue weighted by molar-refractivity contribution is 5.74. The van der Waals surface area contributed by atoms with E-state index in [1.165, 1.54) is 17.5 Å². The first-order valence-corrected chi connectivity index (χ1v) is 10.4. The van der Waals surface area contributed by atoms with Crippen LogP contribution in [0, 0.1) is 0 Å². The molecule has 0 bridgehead atoms. The molecule has 1 aliphatic rings. The molecular formula is C23H28N6O. The Bertz CT molecular complexity index is 970. The van der Waals surface area contributed by atoms with Crippen molar-refractivity contribution in [2.45, 2.75) is 25.9 Å². The fraction of sp³-hybridized carbons (Fsp3) is 0.348. The normalized spacial score (nSPS) is 14.7. The van der Waals surface area contributed by atoms with Crippen LogP contribution in [0.5, 0.6) is 0 Å². The number of urea groups is 1. The van der Waals surface area contributed by atoms with E-state index >= 15 is 0 Å². The van der Waals surface area contributed by atoms with E-state index in [-0.39, 0.29) is 12.1 Å². The SMILES string of the molecule is C[C@@H](c1ccc(-n2cncn2)cc1)N(C)C(=O)NCCN1CCc2ccccc2C1. The van der Waals surface area contributed by atoms with Gasteiger partial charge in [0, 0.05) is 33.2 Å². The smallest absolute Gasteiger partial charge is 0.317 e. The summed E-state index contributed by atoms with van der Waals surface area (Å²) in [6.45, 7) is 5.53. The summed E-state index contributed by atoms with van der Waals surface area (Å²) in [6, 6.07) is 16.5. The van der Waals surface area contributed by atoms with Crippen molar-refractivity contribution in [3.05, 3.63) is 77.9 Å². The summed E-state index contributed by atoms with van der Waals surface area (Å²) in [6.07, 6.45) is 4.25. The van der Waals surface area contributed by atoms with Crippen molar-refractivity contribution in [1.82, 2.24) is 29.9 Å². The average molecular weight is 405 g/mol. The molecule has 2 heterocycles. The molecule has 0 saturated carbocycles. The summed E-state index contributed by atoms with van der Waals surface area (Å²) in [5.74, 6) is 0. The molecular weight excluding hydrogens is 376 g/mol. The van der Waals surface area contributed by atoms with Gasteiger partial charge in [-0.3, -0.25) is 4.90 Å². The molecule has 1 aliphatic heterocycles. The standard InChI is InChI=1S/C23H28N6O/c1-18(19-7-9-22(10-8-19)29-17-24-16-26-29)27(2)23(30)25-12-14-28-13-11-20-5-3-4-6-21(20)15-28/h3-10,16-18H,11-15H2,1-2H3,(H,25,30)/t18-/m0/s1. The van der Waals surface area contributed by atoms with Crippen molar-refractivity contribution in [3.63, 3.8) is 0 Å². The summed E-state index contributed by atoms with van der Waals surface area (Å²) >= 11 is 0. The first kappa shape index (κ1) is 20.1.